The van der Waals surface area contributed by atoms with Crippen molar-refractivity contribution in [3.8, 4) is 0 Å². The molecule has 0 aliphatic heterocycles. The predicted molar refractivity (Wildman–Crippen MR) is 30.8 cm³/mol. The maximum atomic E-state index is 10.5. The van der Waals surface area contributed by atoms with E-state index in [9.17, 15) is 4.57 Å². The van der Waals surface area contributed by atoms with Crippen LogP contribution in [-0.2, 0) is 9.30 Å². The molecule has 6 heteroatoms. The topological polar surface area (TPSA) is 58.6 Å². The molecule has 0 aromatic rings. The molecule has 0 saturated carbocycles. The van der Waals surface area contributed by atoms with E-state index in [1.165, 1.54) is 14.2 Å². The van der Waals surface area contributed by atoms with Gasteiger partial charge in [-0.25, -0.2) is 5.09 Å². The van der Waals surface area contributed by atoms with E-state index in [0.29, 0.717) is 0 Å². The third-order valence-corrected chi connectivity index (χ3v) is 1.96. The summed E-state index contributed by atoms with van der Waals surface area (Å²) in [5.74, 6) is 0. The number of nitrogens with one attached hydrogen (secondary N) is 1. The number of rotatable bonds is 3. The molecule has 0 amide bonds. The summed E-state index contributed by atoms with van der Waals surface area (Å²) < 4.78 is 14.9. The molecule has 0 fully saturated rings. The minimum atomic E-state index is -3.15. The van der Waals surface area contributed by atoms with Gasteiger partial charge in [0.1, 0.15) is 6.35 Å². The van der Waals surface area contributed by atoms with E-state index in [0.717, 1.165) is 0 Å². The first-order valence-corrected chi connectivity index (χ1v) is 3.96. The fourth-order valence-electron chi connectivity index (χ4n) is 0.240. The summed E-state index contributed by atoms with van der Waals surface area (Å²) in [6.45, 7) is 0. The summed E-state index contributed by atoms with van der Waals surface area (Å²) in [6.07, 6.45) is -0.135. The van der Waals surface area contributed by atoms with Gasteiger partial charge in [-0.2, -0.15) is 0 Å². The fraction of sp³-hybridized carbons (Fsp3) is 1.00. The predicted octanol–water partition coefficient (Wildman–Crippen LogP) is -0.00490. The number of ether oxygens (including phenoxy) is 1. The Balaban J connectivity index is 0. The summed E-state index contributed by atoms with van der Waals surface area (Å²) >= 11 is 0. The molecule has 0 aliphatic rings. The molecule has 0 aliphatic carbocycles. The molecule has 2 N–H and O–H groups in total. The maximum absolute atomic E-state index is 10.5. The first-order valence-electron chi connectivity index (χ1n) is 2.12. The summed E-state index contributed by atoms with van der Waals surface area (Å²) in [7, 11) is -0.354. The van der Waals surface area contributed by atoms with Gasteiger partial charge in [0, 0.05) is 44.8 Å². The summed E-state index contributed by atoms with van der Waals surface area (Å²) in [5.41, 5.74) is 0. The smallest absolute Gasteiger partial charge is 0.292 e. The van der Waals surface area contributed by atoms with E-state index in [4.69, 9.17) is 4.89 Å². The Hall–Kier alpha value is 1.37. The zero-order valence-corrected chi connectivity index (χ0v) is 6.87. The Labute approximate surface area is 84.5 Å². The SMILES string of the molecule is CNP(=O)(O)COC.[Ar]. The quantitative estimate of drug-likeness (QED) is 0.598. The van der Waals surface area contributed by atoms with Gasteiger partial charge < -0.3 is 9.63 Å². The van der Waals surface area contributed by atoms with Crippen molar-refractivity contribution in [1.29, 1.82) is 0 Å². The molecule has 1 atom stereocenters. The van der Waals surface area contributed by atoms with E-state index >= 15 is 0 Å². The zero-order chi connectivity index (χ0) is 6.62. The average Bonchev–Trinajstić information content (AvgIpc) is 1.67. The van der Waals surface area contributed by atoms with Crippen molar-refractivity contribution in [3.63, 3.8) is 0 Å². The zero-order valence-electron chi connectivity index (χ0n) is 5.27. The van der Waals surface area contributed by atoms with Crippen LogP contribution < -0.4 is 5.09 Å². The third-order valence-electron chi connectivity index (χ3n) is 0.653. The van der Waals surface area contributed by atoms with Crippen LogP contribution in [0.1, 0.15) is 0 Å². The van der Waals surface area contributed by atoms with Gasteiger partial charge in [0.25, 0.3) is 7.52 Å². The van der Waals surface area contributed by atoms with E-state index in [-0.39, 0.29) is 44.1 Å². The van der Waals surface area contributed by atoms with Gasteiger partial charge in [-0.05, 0) is 7.05 Å². The van der Waals surface area contributed by atoms with Crippen LogP contribution in [0.4, 0.5) is 0 Å². The molecule has 0 bridgehead atoms. The maximum Gasteiger partial charge on any atom is 0.292 e. The Morgan fingerprint density at radius 3 is 2.33 bits per heavy atom. The van der Waals surface area contributed by atoms with Crippen LogP contribution in [0.2, 0.25) is 0 Å². The van der Waals surface area contributed by atoms with E-state index in [1.807, 2.05) is 0 Å². The minimum absolute atomic E-state index is 0. The molecule has 0 aromatic carbocycles. The van der Waals surface area contributed by atoms with Crippen molar-refractivity contribution in [2.75, 3.05) is 20.5 Å². The molecule has 0 heterocycles. The molecule has 4 nitrogen and oxygen atoms in total. The van der Waals surface area contributed by atoms with Crippen molar-refractivity contribution in [3.05, 3.63) is 0 Å². The van der Waals surface area contributed by atoms with Gasteiger partial charge in [0.15, 0.2) is 0 Å². The van der Waals surface area contributed by atoms with Gasteiger partial charge in [0.05, 0.1) is 0 Å². The van der Waals surface area contributed by atoms with Crippen molar-refractivity contribution < 1.29 is 51.9 Å². The monoisotopic (exact) mass is 179 g/mol. The average molecular weight is 179 g/mol. The van der Waals surface area contributed by atoms with Crippen LogP contribution in [0.25, 0.3) is 0 Å². The molecule has 0 spiro atoms. The van der Waals surface area contributed by atoms with Crippen LogP contribution in [0, 0.1) is 37.7 Å². The molecule has 0 rings (SSSR count). The minimum Gasteiger partial charge on any atom is -0.373 e. The van der Waals surface area contributed by atoms with Crippen LogP contribution in [0.15, 0.2) is 0 Å². The molecule has 9 heavy (non-hydrogen) atoms. The molecular weight excluding hydrogens is 169 g/mol. The number of methoxy groups -OCH3 is 1. The van der Waals surface area contributed by atoms with Gasteiger partial charge in [-0.15, -0.1) is 0 Å². The molecule has 58 valence electrons. The van der Waals surface area contributed by atoms with Crippen LogP contribution in [-0.4, -0.2) is 25.4 Å². The second-order valence-electron chi connectivity index (χ2n) is 1.34. The largest absolute Gasteiger partial charge is 0.373 e. The van der Waals surface area contributed by atoms with Gasteiger partial charge in [-0.1, -0.05) is 0 Å². The summed E-state index contributed by atoms with van der Waals surface area (Å²) in [4.78, 5) is 8.64. The Morgan fingerprint density at radius 1 is 1.78 bits per heavy atom. The van der Waals surface area contributed by atoms with Gasteiger partial charge in [-0.3, -0.25) is 4.57 Å². The molecule has 0 radical (unpaired) electrons. The number of hydrogen-bond donors (Lipinski definition) is 2. The summed E-state index contributed by atoms with van der Waals surface area (Å²) in [5, 5.41) is 2.23. The van der Waals surface area contributed by atoms with E-state index in [1.54, 1.807) is 0 Å². The molecule has 0 saturated heterocycles. The van der Waals surface area contributed by atoms with Gasteiger partial charge in [0.2, 0.25) is 0 Å². The first-order chi connectivity index (χ1) is 3.62. The summed E-state index contributed by atoms with van der Waals surface area (Å²) in [6, 6.07) is 0. The second-order valence-corrected chi connectivity index (χ2v) is 3.45. The molecule has 0 aromatic heterocycles. The normalized spacial score (nSPS) is 15.9. The van der Waals surface area contributed by atoms with Crippen molar-refractivity contribution >= 4 is 7.52 Å². The van der Waals surface area contributed by atoms with Crippen LogP contribution in [0.5, 0.6) is 0 Å². The fourth-order valence-corrected chi connectivity index (χ4v) is 0.719. The Morgan fingerprint density at radius 2 is 2.22 bits per heavy atom. The molecule has 1 unspecified atom stereocenters. The second kappa shape index (κ2) is 6.10. The Bertz CT molecular complexity index is 109. The third kappa shape index (κ3) is 7.26. The first kappa shape index (κ1) is 13.0. The Kier molecular flexibility index (Phi) is 8.81. The van der Waals surface area contributed by atoms with Crippen molar-refractivity contribution in [2.45, 2.75) is 0 Å². The van der Waals surface area contributed by atoms with E-state index in [2.05, 4.69) is 9.82 Å². The van der Waals surface area contributed by atoms with Crippen LogP contribution in [0.3, 0.4) is 0 Å². The van der Waals surface area contributed by atoms with Gasteiger partial charge >= 0.3 is 0 Å². The standard InChI is InChI=1S/C3H10NO3P.Ar/c1-4-8(5,6)3-7-2;/h3H2,1-2H3,(H2,4,5,6);. The van der Waals surface area contributed by atoms with E-state index < -0.39 is 7.52 Å². The van der Waals surface area contributed by atoms with Crippen molar-refractivity contribution in [2.24, 2.45) is 0 Å². The molecular formula is C3H10ArNO3P. The van der Waals surface area contributed by atoms with Crippen molar-refractivity contribution in [1.82, 2.24) is 5.09 Å². The number of hydrogen-bond acceptors (Lipinski definition) is 2. The van der Waals surface area contributed by atoms with Crippen LogP contribution >= 0.6 is 7.52 Å².